The van der Waals surface area contributed by atoms with Crippen molar-refractivity contribution in [3.63, 3.8) is 0 Å². The summed E-state index contributed by atoms with van der Waals surface area (Å²) >= 11 is 0.461. The average molecular weight is 153 g/mol. The number of guanidine groups is 1. The van der Waals surface area contributed by atoms with Crippen LogP contribution in [0.25, 0.3) is 0 Å². The van der Waals surface area contributed by atoms with Gasteiger partial charge in [-0.1, -0.05) is 0 Å². The Morgan fingerprint density at radius 3 is 2.40 bits per heavy atom. The molecule has 0 fully saturated rings. The Kier molecular flexibility index (Phi) is 3.70. The van der Waals surface area contributed by atoms with Crippen LogP contribution in [-0.2, 0) is 4.79 Å². The van der Waals surface area contributed by atoms with Crippen LogP contribution >= 0.6 is 0 Å². The Hall–Kier alpha value is -0.260. The number of carboxylic acid groups (broad SMARTS) is 1. The fourth-order valence-electron chi connectivity index (χ4n) is 0.374. The number of aliphatic carboxylic acids is 1. The zero-order valence-corrected chi connectivity index (χ0v) is 7.96. The van der Waals surface area contributed by atoms with Crippen molar-refractivity contribution in [2.24, 2.45) is 5.73 Å². The Balaban J connectivity index is 4.07. The molecule has 0 spiro atoms. The number of hydrogen-bond donors (Lipinski definition) is 3. The van der Waals surface area contributed by atoms with E-state index in [1.807, 2.05) is 0 Å². The van der Waals surface area contributed by atoms with Gasteiger partial charge in [-0.3, -0.25) is 0 Å². The topological polar surface area (TPSA) is 90.4 Å². The Morgan fingerprint density at radius 2 is 2.30 bits per heavy atom. The van der Waals surface area contributed by atoms with E-state index in [9.17, 15) is 4.79 Å². The molecule has 0 radical (unpaired) electrons. The quantitative estimate of drug-likeness (QED) is 0.253. The molecule has 1 atom stereocenters. The van der Waals surface area contributed by atoms with Crippen molar-refractivity contribution in [1.82, 2.24) is 4.90 Å². The number of carbonyl (C=O) groups is 1. The third-order valence-electron chi connectivity index (χ3n) is 1.32. The summed E-state index contributed by atoms with van der Waals surface area (Å²) in [6.07, 6.45) is 0. The first kappa shape index (κ1) is 9.74. The molecule has 6 heteroatoms. The maximum atomic E-state index is 10.3. The van der Waals surface area contributed by atoms with Crippen LogP contribution in [0.2, 0.25) is 0 Å². The van der Waals surface area contributed by atoms with Crippen molar-refractivity contribution in [3.05, 3.63) is 0 Å². The molecule has 0 aromatic carbocycles. The van der Waals surface area contributed by atoms with Gasteiger partial charge in [0.15, 0.2) is 0 Å². The molecule has 0 bridgehead atoms. The van der Waals surface area contributed by atoms with E-state index in [-0.39, 0.29) is 5.96 Å². The molecule has 0 saturated heterocycles. The molecule has 0 aromatic rings. The maximum absolute atomic E-state index is 10.3. The first-order chi connectivity index (χ1) is 4.46. The van der Waals surface area contributed by atoms with Gasteiger partial charge in [-0.2, -0.15) is 0 Å². The van der Waals surface area contributed by atoms with E-state index in [1.54, 1.807) is 0 Å². The van der Waals surface area contributed by atoms with Crippen LogP contribution in [0.1, 0.15) is 0 Å². The summed E-state index contributed by atoms with van der Waals surface area (Å²) in [6.45, 7) is 0. The summed E-state index contributed by atoms with van der Waals surface area (Å²) in [5.74, 6) is -1.13. The number of carboxylic acids is 1. The van der Waals surface area contributed by atoms with Gasteiger partial charge in [0.05, 0.1) is 0 Å². The fourth-order valence-corrected chi connectivity index (χ4v) is 0.652. The second kappa shape index (κ2) is 3.80. The van der Waals surface area contributed by atoms with Gasteiger partial charge in [-0.25, -0.2) is 0 Å². The van der Waals surface area contributed by atoms with Gasteiger partial charge in [0, 0.05) is 0 Å². The van der Waals surface area contributed by atoms with Crippen molar-refractivity contribution in [1.29, 1.82) is 5.41 Å². The van der Waals surface area contributed by atoms with Gasteiger partial charge in [0.2, 0.25) is 0 Å². The van der Waals surface area contributed by atoms with E-state index in [4.69, 9.17) is 16.2 Å². The van der Waals surface area contributed by atoms with Crippen LogP contribution in [-0.4, -0.2) is 60.2 Å². The summed E-state index contributed by atoms with van der Waals surface area (Å²) in [6, 6.07) is 0. The first-order valence-electron chi connectivity index (χ1n) is 2.76. The summed E-state index contributed by atoms with van der Waals surface area (Å²) in [5, 5.41) is 15.3. The van der Waals surface area contributed by atoms with Gasteiger partial charge in [0.1, 0.15) is 0 Å². The fraction of sp³-hybridized carbons (Fsp3) is 0.500. The van der Waals surface area contributed by atoms with Gasteiger partial charge < -0.3 is 0 Å². The normalized spacial score (nSPS) is 12.3. The predicted molar refractivity (Wildman–Crippen MR) is 36.9 cm³/mol. The van der Waals surface area contributed by atoms with E-state index < -0.39 is 9.26 Å². The average Bonchev–Trinajstić information content (AvgIpc) is 1.84. The van der Waals surface area contributed by atoms with Crippen LogP contribution in [0.4, 0.5) is 0 Å². The number of hydrogen-bond acceptors (Lipinski definition) is 2. The molecule has 0 aliphatic rings. The van der Waals surface area contributed by atoms with Crippen LogP contribution in [0, 0.1) is 5.41 Å². The Bertz CT molecular complexity index is 143. The third-order valence-corrected chi connectivity index (χ3v) is 2.59. The van der Waals surface area contributed by atoms with Gasteiger partial charge >= 0.3 is 76.1 Å². The van der Waals surface area contributed by atoms with Crippen LogP contribution in [0.15, 0.2) is 0 Å². The molecule has 10 heavy (non-hydrogen) atoms. The molecule has 0 aliphatic carbocycles. The number of nitrogens with one attached hydrogen (secondary N) is 1. The van der Waals surface area contributed by atoms with E-state index in [0.29, 0.717) is 27.9 Å². The van der Waals surface area contributed by atoms with Crippen molar-refractivity contribution >= 4 is 39.9 Å². The predicted octanol–water partition coefficient (Wildman–Crippen LogP) is -1.61. The second-order valence-corrected chi connectivity index (χ2v) is 3.10. The van der Waals surface area contributed by atoms with E-state index >= 15 is 0 Å². The standard InChI is InChI=1S/C4H8N3O2.Na/c1-7(4(5)6)2-3(8)9;/h2H,1H3,(H3,5,6)(H,8,9);. The van der Waals surface area contributed by atoms with Gasteiger partial charge in [0.25, 0.3) is 0 Å². The first-order valence-corrected chi connectivity index (χ1v) is 3.92. The Morgan fingerprint density at radius 1 is 1.90 bits per heavy atom. The Labute approximate surface area is 76.1 Å². The van der Waals surface area contributed by atoms with Gasteiger partial charge in [-0.15, -0.1) is 0 Å². The zero-order chi connectivity index (χ0) is 8.31. The summed E-state index contributed by atoms with van der Waals surface area (Å²) < 4.78 is -0.600. The van der Waals surface area contributed by atoms with Crippen LogP contribution in [0.3, 0.4) is 0 Å². The molecule has 52 valence electrons. The molecule has 4 N–H and O–H groups in total. The summed E-state index contributed by atoms with van der Waals surface area (Å²) in [5.41, 5.74) is 5.04. The second-order valence-electron chi connectivity index (χ2n) is 2.01. The number of rotatable bonds is 2. The number of nitrogens with two attached hydrogens (primary N) is 1. The molecule has 1 unspecified atom stereocenters. The van der Waals surface area contributed by atoms with Crippen molar-refractivity contribution < 1.29 is 9.90 Å². The van der Waals surface area contributed by atoms with E-state index in [0.717, 1.165) is 0 Å². The molecule has 0 aliphatic heterocycles. The van der Waals surface area contributed by atoms with Crippen LogP contribution in [0.5, 0.6) is 0 Å². The molecule has 0 heterocycles. The molecule has 0 rings (SSSR count). The van der Waals surface area contributed by atoms with Crippen molar-refractivity contribution in [3.8, 4) is 0 Å². The zero-order valence-electron chi connectivity index (χ0n) is 5.96. The molecule has 0 saturated carbocycles. The molecule has 0 amide bonds. The van der Waals surface area contributed by atoms with Crippen molar-refractivity contribution in [2.75, 3.05) is 7.05 Å². The van der Waals surface area contributed by atoms with Crippen molar-refractivity contribution in [2.45, 2.75) is 3.29 Å². The summed E-state index contributed by atoms with van der Waals surface area (Å²) in [4.78, 5) is 11.5. The SMILES string of the molecule is CN(C(=N)N)[CH]([Na])C(=O)O. The number of likely N-dealkylation sites (N-methyl/N-ethyl adjacent to an activating group) is 1. The van der Waals surface area contributed by atoms with Gasteiger partial charge in [-0.05, 0) is 0 Å². The minimum atomic E-state index is -0.927. The number of nitrogens with zero attached hydrogens (tertiary/aromatic N) is 1. The molecule has 0 aromatic heterocycles. The minimum absolute atomic E-state index is 0.206. The molecule has 5 nitrogen and oxygen atoms in total. The third kappa shape index (κ3) is 2.55. The van der Waals surface area contributed by atoms with Crippen LogP contribution < -0.4 is 5.73 Å². The molecular weight excluding hydrogens is 145 g/mol. The summed E-state index contributed by atoms with van der Waals surface area (Å²) in [7, 11) is 1.49. The monoisotopic (exact) mass is 153 g/mol. The van der Waals surface area contributed by atoms with E-state index in [2.05, 4.69) is 0 Å². The molecular formula is C4H8N3NaO2. The van der Waals surface area contributed by atoms with E-state index in [1.165, 1.54) is 11.9 Å².